The third-order valence-corrected chi connectivity index (χ3v) is 4.24. The maximum atomic E-state index is 12.7. The molecular formula is C15H17N3O3. The molecule has 2 aliphatic heterocycles. The van der Waals surface area contributed by atoms with Crippen LogP contribution in [-0.4, -0.2) is 49.3 Å². The van der Waals surface area contributed by atoms with Gasteiger partial charge in [0.25, 0.3) is 0 Å². The van der Waals surface area contributed by atoms with Gasteiger partial charge in [-0.25, -0.2) is 0 Å². The fraction of sp³-hybridized carbons (Fsp3) is 0.400. The van der Waals surface area contributed by atoms with Gasteiger partial charge in [0.05, 0.1) is 11.4 Å². The summed E-state index contributed by atoms with van der Waals surface area (Å²) in [6.45, 7) is 0.0187. The maximum Gasteiger partial charge on any atom is 0.250 e. The average Bonchev–Trinajstić information content (AvgIpc) is 2.82. The zero-order chi connectivity index (χ0) is 15.1. The quantitative estimate of drug-likeness (QED) is 0.760. The molecule has 1 saturated heterocycles. The molecule has 21 heavy (non-hydrogen) atoms. The van der Waals surface area contributed by atoms with Crippen LogP contribution in [-0.2, 0) is 14.4 Å². The van der Waals surface area contributed by atoms with Crippen LogP contribution in [0.4, 0.5) is 11.4 Å². The van der Waals surface area contributed by atoms with Crippen LogP contribution in [0.3, 0.4) is 0 Å². The van der Waals surface area contributed by atoms with Gasteiger partial charge in [-0.15, -0.1) is 0 Å². The molecule has 3 rings (SSSR count). The number of likely N-dealkylation sites (N-methyl/N-ethyl adjacent to an activating group) is 2. The standard InChI is InChI=1S/C15H17N3O3/c1-16-10-5-3-4-6-11(10)18(9-14(16)20)15(21)12-7-8-13(19)17(12)2/h3-6,12H,7-9H2,1-2H3/t12-/m1/s1. The van der Waals surface area contributed by atoms with Gasteiger partial charge in [-0.2, -0.15) is 0 Å². The minimum atomic E-state index is -0.471. The molecule has 110 valence electrons. The minimum absolute atomic E-state index is 0.0187. The second-order valence-corrected chi connectivity index (χ2v) is 5.42. The summed E-state index contributed by atoms with van der Waals surface area (Å²) in [5.41, 5.74) is 1.44. The van der Waals surface area contributed by atoms with Crippen LogP contribution in [0.15, 0.2) is 24.3 Å². The highest BCUT2D eigenvalue weighted by Crippen LogP contribution is 2.33. The van der Waals surface area contributed by atoms with Crippen LogP contribution in [0.2, 0.25) is 0 Å². The van der Waals surface area contributed by atoms with E-state index < -0.39 is 6.04 Å². The Morgan fingerprint density at radius 1 is 1.10 bits per heavy atom. The molecule has 1 atom stereocenters. The molecule has 6 heteroatoms. The molecule has 1 aromatic rings. The topological polar surface area (TPSA) is 60.9 Å². The number of fused-ring (bicyclic) bond motifs is 1. The summed E-state index contributed by atoms with van der Waals surface area (Å²) in [6, 6.07) is 6.85. The molecule has 0 unspecified atom stereocenters. The van der Waals surface area contributed by atoms with Crippen molar-refractivity contribution in [1.29, 1.82) is 0 Å². The van der Waals surface area contributed by atoms with Crippen molar-refractivity contribution < 1.29 is 14.4 Å². The third kappa shape index (κ3) is 2.07. The van der Waals surface area contributed by atoms with E-state index in [0.29, 0.717) is 18.5 Å². The highest BCUT2D eigenvalue weighted by molar-refractivity contribution is 6.12. The first-order chi connectivity index (χ1) is 10.0. The third-order valence-electron chi connectivity index (χ3n) is 4.24. The van der Waals surface area contributed by atoms with Crippen molar-refractivity contribution in [2.24, 2.45) is 0 Å². The van der Waals surface area contributed by atoms with Gasteiger partial charge < -0.3 is 9.80 Å². The van der Waals surface area contributed by atoms with Crippen molar-refractivity contribution in [3.8, 4) is 0 Å². The van der Waals surface area contributed by atoms with Crippen LogP contribution < -0.4 is 9.80 Å². The Morgan fingerprint density at radius 3 is 2.38 bits per heavy atom. The van der Waals surface area contributed by atoms with Gasteiger partial charge in [0.15, 0.2) is 0 Å². The Balaban J connectivity index is 1.96. The Labute approximate surface area is 122 Å². The SMILES string of the molecule is CN1C(=O)CN(C(=O)[C@H]2CCC(=O)N2C)c2ccccc21. The molecule has 0 saturated carbocycles. The van der Waals surface area contributed by atoms with Crippen LogP contribution in [0.5, 0.6) is 0 Å². The Kier molecular flexibility index (Phi) is 3.16. The lowest BCUT2D eigenvalue weighted by molar-refractivity contribution is -0.133. The van der Waals surface area contributed by atoms with E-state index in [1.165, 1.54) is 9.80 Å². The Morgan fingerprint density at radius 2 is 1.76 bits per heavy atom. The molecule has 3 amide bonds. The number of carbonyl (C=O) groups is 3. The highest BCUT2D eigenvalue weighted by atomic mass is 16.2. The van der Waals surface area contributed by atoms with Gasteiger partial charge in [-0.3, -0.25) is 19.3 Å². The average molecular weight is 287 g/mol. The monoisotopic (exact) mass is 287 g/mol. The number of rotatable bonds is 1. The Bertz CT molecular complexity index is 628. The molecule has 2 heterocycles. The van der Waals surface area contributed by atoms with Crippen LogP contribution >= 0.6 is 0 Å². The van der Waals surface area contributed by atoms with Gasteiger partial charge in [0.2, 0.25) is 17.7 Å². The van der Waals surface area contributed by atoms with E-state index in [1.54, 1.807) is 19.0 Å². The number of hydrogen-bond acceptors (Lipinski definition) is 3. The fourth-order valence-electron chi connectivity index (χ4n) is 2.91. The van der Waals surface area contributed by atoms with Crippen molar-refractivity contribution in [3.63, 3.8) is 0 Å². The first kappa shape index (κ1) is 13.6. The second-order valence-electron chi connectivity index (χ2n) is 5.42. The normalized spacial score (nSPS) is 21.8. The smallest absolute Gasteiger partial charge is 0.250 e. The van der Waals surface area contributed by atoms with E-state index in [4.69, 9.17) is 0 Å². The molecule has 0 N–H and O–H groups in total. The lowest BCUT2D eigenvalue weighted by Crippen LogP contribution is -2.52. The number of carbonyl (C=O) groups excluding carboxylic acids is 3. The first-order valence-corrected chi connectivity index (χ1v) is 6.93. The molecular weight excluding hydrogens is 270 g/mol. The molecule has 0 bridgehead atoms. The zero-order valence-electron chi connectivity index (χ0n) is 12.1. The summed E-state index contributed by atoms with van der Waals surface area (Å²) in [4.78, 5) is 41.0. The minimum Gasteiger partial charge on any atom is -0.334 e. The lowest BCUT2D eigenvalue weighted by atomic mass is 10.1. The summed E-state index contributed by atoms with van der Waals surface area (Å²) < 4.78 is 0. The van der Waals surface area contributed by atoms with Crippen LogP contribution in [0.1, 0.15) is 12.8 Å². The van der Waals surface area contributed by atoms with Crippen molar-refractivity contribution in [1.82, 2.24) is 4.90 Å². The number of amides is 3. The number of likely N-dealkylation sites (tertiary alicyclic amines) is 1. The number of anilines is 2. The zero-order valence-corrected chi connectivity index (χ0v) is 12.1. The van der Waals surface area contributed by atoms with E-state index in [9.17, 15) is 14.4 Å². The lowest BCUT2D eigenvalue weighted by Gasteiger charge is -2.36. The van der Waals surface area contributed by atoms with Gasteiger partial charge in [0.1, 0.15) is 12.6 Å². The number of hydrogen-bond donors (Lipinski definition) is 0. The number of benzene rings is 1. The predicted octanol–water partition coefficient (Wildman–Crippen LogP) is 0.617. The van der Waals surface area contributed by atoms with Gasteiger partial charge >= 0.3 is 0 Å². The molecule has 1 fully saturated rings. The summed E-state index contributed by atoms with van der Waals surface area (Å²) >= 11 is 0. The van der Waals surface area contributed by atoms with E-state index in [-0.39, 0.29) is 24.3 Å². The van der Waals surface area contributed by atoms with Gasteiger partial charge in [-0.1, -0.05) is 12.1 Å². The van der Waals surface area contributed by atoms with E-state index in [0.717, 1.165) is 5.69 Å². The molecule has 0 aromatic heterocycles. The highest BCUT2D eigenvalue weighted by Gasteiger charge is 2.39. The summed E-state index contributed by atoms with van der Waals surface area (Å²) in [5.74, 6) is -0.339. The summed E-state index contributed by atoms with van der Waals surface area (Å²) in [5, 5.41) is 0. The fourth-order valence-corrected chi connectivity index (χ4v) is 2.91. The number of para-hydroxylation sites is 2. The molecule has 0 aliphatic carbocycles. The van der Waals surface area contributed by atoms with Crippen LogP contribution in [0.25, 0.3) is 0 Å². The number of nitrogens with zero attached hydrogens (tertiary/aromatic N) is 3. The van der Waals surface area contributed by atoms with Gasteiger partial charge in [0, 0.05) is 20.5 Å². The predicted molar refractivity (Wildman–Crippen MR) is 78.0 cm³/mol. The van der Waals surface area contributed by atoms with Crippen LogP contribution in [0, 0.1) is 0 Å². The van der Waals surface area contributed by atoms with E-state index >= 15 is 0 Å². The molecule has 0 spiro atoms. The summed E-state index contributed by atoms with van der Waals surface area (Å²) in [6.07, 6.45) is 0.896. The second kappa shape index (κ2) is 4.87. The van der Waals surface area contributed by atoms with Crippen molar-refractivity contribution in [2.45, 2.75) is 18.9 Å². The first-order valence-electron chi connectivity index (χ1n) is 6.93. The maximum absolute atomic E-state index is 12.7. The molecule has 6 nitrogen and oxygen atoms in total. The summed E-state index contributed by atoms with van der Waals surface area (Å²) in [7, 11) is 3.34. The van der Waals surface area contributed by atoms with Gasteiger partial charge in [-0.05, 0) is 18.6 Å². The molecule has 0 radical (unpaired) electrons. The van der Waals surface area contributed by atoms with Crippen molar-refractivity contribution >= 4 is 29.1 Å². The molecule has 2 aliphatic rings. The largest absolute Gasteiger partial charge is 0.334 e. The molecule has 1 aromatic carbocycles. The van der Waals surface area contributed by atoms with Crippen molar-refractivity contribution in [2.75, 3.05) is 30.4 Å². The van der Waals surface area contributed by atoms with Crippen molar-refractivity contribution in [3.05, 3.63) is 24.3 Å². The van der Waals surface area contributed by atoms with E-state index in [1.807, 2.05) is 24.3 Å². The van der Waals surface area contributed by atoms with E-state index in [2.05, 4.69) is 0 Å². The Hall–Kier alpha value is -2.37.